The molecule has 0 unspecified atom stereocenters. The number of phenols is 3. The van der Waals surface area contributed by atoms with Crippen LogP contribution < -0.4 is 38.2 Å². The average Bonchev–Trinajstić information content (AvgIpc) is 1.30. The maximum atomic E-state index is 13.7. The fraction of sp³-hybridized carbons (Fsp3) is 0.374. The van der Waals surface area contributed by atoms with Gasteiger partial charge in [0.1, 0.15) is 67.2 Å². The molecule has 8 aromatic carbocycles. The van der Waals surface area contributed by atoms with Gasteiger partial charge >= 0.3 is 18.0 Å². The van der Waals surface area contributed by atoms with Gasteiger partial charge in [0.25, 0.3) is 17.4 Å². The molecule has 5 N–H and O–H groups in total. The number of alkyl halides is 6. The fourth-order valence-corrected chi connectivity index (χ4v) is 18.1. The van der Waals surface area contributed by atoms with E-state index >= 15 is 0 Å². The SMILES string of the molecule is CC(C)(C)CC(C)(C)c1cc(-n2nc3cc4c(cc3n2)C(=O)N=NC4=O)c(O)c(C(C)(C)c2ccccc2)c1.CC(C)(C)CC(C)(C)c1cc(N/N=c2/cc3c(=O)c(C(F)(F)F)c(C(F)(F)F)c(=O)c-3cc2=N)c(O)c(C(C)(C)c2ccccc2)c1.Cn1c(=O)c2cc3nn(-c4cc(C(C)(C)CC(C)(C)C)cc(C(C)(C)c5ccccc5)c4O)nc3cc2n(C)c1=O. The fourth-order valence-electron chi connectivity index (χ4n) is 18.1. The molecule has 0 fully saturated rings. The first-order chi connectivity index (χ1) is 58.5. The molecule has 3 aromatic heterocycles. The summed E-state index contributed by atoms with van der Waals surface area (Å²) in [5.74, 6) is -1.22. The van der Waals surface area contributed by atoms with Crippen LogP contribution in [0.4, 0.5) is 32.0 Å². The van der Waals surface area contributed by atoms with Crippen molar-refractivity contribution in [2.24, 2.45) is 45.7 Å². The monoisotopic (exact) mass is 1740 g/mol. The number of rotatable bonds is 16. The van der Waals surface area contributed by atoms with Gasteiger partial charge in [-0.15, -0.1) is 40.2 Å². The molecule has 14 rings (SSSR count). The molecule has 2 aliphatic carbocycles. The highest BCUT2D eigenvalue weighted by Gasteiger charge is 2.50. The topological polar surface area (TPSA) is 307 Å². The Morgan fingerprint density at radius 3 is 1.07 bits per heavy atom. The number of aromatic nitrogens is 8. The van der Waals surface area contributed by atoms with Crippen molar-refractivity contribution in [3.05, 3.63) is 288 Å². The van der Waals surface area contributed by atoms with Gasteiger partial charge in [0.05, 0.1) is 33.1 Å². The molecule has 4 heterocycles. The lowest BCUT2D eigenvalue weighted by Crippen LogP contribution is -2.38. The number of phenolic OH excluding ortho intramolecular Hbond substituents is 3. The quantitative estimate of drug-likeness (QED) is 0.0341. The van der Waals surface area contributed by atoms with Crippen LogP contribution in [0.1, 0.15) is 247 Å². The molecule has 1 aliphatic heterocycles. The highest BCUT2D eigenvalue weighted by Crippen LogP contribution is 2.50. The van der Waals surface area contributed by atoms with Crippen molar-refractivity contribution in [1.82, 2.24) is 39.1 Å². The summed E-state index contributed by atoms with van der Waals surface area (Å²) in [6.45, 7) is 44.8. The van der Waals surface area contributed by atoms with Crippen molar-refractivity contribution in [3.8, 4) is 39.8 Å². The molecule has 22 nitrogen and oxygen atoms in total. The molecular formula is C99H107F6N13O9. The third kappa shape index (κ3) is 18.7. The minimum atomic E-state index is -5.78. The number of carbonyl (C=O) groups excluding carboxylic acids is 2. The number of halogens is 6. The second kappa shape index (κ2) is 32.8. The van der Waals surface area contributed by atoms with Crippen LogP contribution in [0.25, 0.3) is 55.5 Å². The van der Waals surface area contributed by atoms with Gasteiger partial charge in [0.15, 0.2) is 10.9 Å². The van der Waals surface area contributed by atoms with Gasteiger partial charge < -0.3 is 15.3 Å². The third-order valence-electron chi connectivity index (χ3n) is 23.9. The van der Waals surface area contributed by atoms with E-state index in [4.69, 9.17) is 15.6 Å². The molecule has 0 radical (unpaired) electrons. The Morgan fingerprint density at radius 1 is 0.386 bits per heavy atom. The number of amides is 2. The van der Waals surface area contributed by atoms with Gasteiger partial charge in [0, 0.05) is 58.2 Å². The van der Waals surface area contributed by atoms with E-state index in [-0.39, 0.29) is 66.7 Å². The van der Waals surface area contributed by atoms with E-state index in [0.717, 1.165) is 68.3 Å². The zero-order valence-corrected chi connectivity index (χ0v) is 75.7. The van der Waals surface area contributed by atoms with Gasteiger partial charge in [-0.2, -0.15) is 31.4 Å². The maximum Gasteiger partial charge on any atom is 0.420 e. The highest BCUT2D eigenvalue weighted by molar-refractivity contribution is 6.13. The van der Waals surface area contributed by atoms with Crippen molar-refractivity contribution >= 4 is 50.5 Å². The second-order valence-electron chi connectivity index (χ2n) is 40.3. The molecule has 11 aromatic rings. The number of azo groups is 1. The van der Waals surface area contributed by atoms with E-state index in [1.807, 2.05) is 113 Å². The summed E-state index contributed by atoms with van der Waals surface area (Å²) >= 11 is 0. The van der Waals surface area contributed by atoms with Gasteiger partial charge in [0.2, 0.25) is 0 Å². The predicted octanol–water partition coefficient (Wildman–Crippen LogP) is 20.2. The first-order valence-corrected chi connectivity index (χ1v) is 41.6. The van der Waals surface area contributed by atoms with Crippen LogP contribution in [-0.2, 0) is 58.9 Å². The Kier molecular flexibility index (Phi) is 24.1. The Morgan fingerprint density at radius 2 is 0.717 bits per heavy atom. The molecular weight excluding hydrogens is 1630 g/mol. The van der Waals surface area contributed by atoms with Crippen LogP contribution in [0.15, 0.2) is 198 Å². The normalized spacial score (nSPS) is 13.6. The van der Waals surface area contributed by atoms with E-state index in [1.54, 1.807) is 25.2 Å². The smallest absolute Gasteiger partial charge is 0.420 e. The minimum Gasteiger partial charge on any atom is -0.505 e. The van der Waals surface area contributed by atoms with E-state index in [2.05, 4.69) is 185 Å². The highest BCUT2D eigenvalue weighted by atomic mass is 19.4. The average molecular weight is 1740 g/mol. The predicted molar refractivity (Wildman–Crippen MR) is 481 cm³/mol. The summed E-state index contributed by atoms with van der Waals surface area (Å²) in [6, 6.07) is 49.0. The lowest BCUT2D eigenvalue weighted by atomic mass is 9.70. The molecule has 3 aliphatic rings. The van der Waals surface area contributed by atoms with Crippen molar-refractivity contribution in [1.29, 1.82) is 5.41 Å². The number of fused-ring (bicyclic) bond motifs is 5. The van der Waals surface area contributed by atoms with E-state index in [1.165, 1.54) is 33.3 Å². The van der Waals surface area contributed by atoms with Crippen LogP contribution in [-0.4, -0.2) is 66.3 Å². The number of hydrogen-bond donors (Lipinski definition) is 5. The van der Waals surface area contributed by atoms with Gasteiger partial charge in [-0.05, 0) is 140 Å². The largest absolute Gasteiger partial charge is 0.505 e. The number of nitrogens with one attached hydrogen (secondary N) is 2. The summed E-state index contributed by atoms with van der Waals surface area (Å²) in [5, 5.41) is 72.3. The Balaban J connectivity index is 0.000000174. The summed E-state index contributed by atoms with van der Waals surface area (Å²) < 4.78 is 84.3. The van der Waals surface area contributed by atoms with Crippen LogP contribution in [0.2, 0.25) is 0 Å². The zero-order valence-electron chi connectivity index (χ0n) is 75.7. The molecule has 28 heteroatoms. The number of hydrogen-bond acceptors (Lipinski definition) is 16. The van der Waals surface area contributed by atoms with Crippen molar-refractivity contribution < 1.29 is 51.3 Å². The number of aryl methyl sites for hydroxylation is 1. The minimum absolute atomic E-state index is 0.0707. The van der Waals surface area contributed by atoms with Crippen LogP contribution >= 0.6 is 0 Å². The molecule has 0 bridgehead atoms. The van der Waals surface area contributed by atoms with Crippen molar-refractivity contribution in [2.75, 3.05) is 5.43 Å². The lowest BCUT2D eigenvalue weighted by molar-refractivity contribution is -0.163. The molecule has 0 atom stereocenters. The Bertz CT molecular complexity index is 6850. The second-order valence-corrected chi connectivity index (χ2v) is 40.3. The summed E-state index contributed by atoms with van der Waals surface area (Å²) in [7, 11) is 3.09. The maximum absolute atomic E-state index is 13.7. The number of benzene rings is 10. The lowest BCUT2D eigenvalue weighted by Gasteiger charge is -2.35. The van der Waals surface area contributed by atoms with E-state index < -0.39 is 95.3 Å². The third-order valence-corrected chi connectivity index (χ3v) is 23.9. The molecule has 664 valence electrons. The van der Waals surface area contributed by atoms with Crippen LogP contribution in [0.3, 0.4) is 0 Å². The van der Waals surface area contributed by atoms with E-state index in [9.17, 15) is 70.4 Å². The first kappa shape index (κ1) is 93.3. The van der Waals surface area contributed by atoms with Crippen LogP contribution in [0.5, 0.6) is 17.2 Å². The summed E-state index contributed by atoms with van der Waals surface area (Å²) in [5.41, 5.74) is -0.440. The van der Waals surface area contributed by atoms with Gasteiger partial charge in [-0.25, -0.2) is 4.79 Å². The first-order valence-electron chi connectivity index (χ1n) is 41.6. The molecule has 0 saturated heterocycles. The molecule has 0 saturated carbocycles. The van der Waals surface area contributed by atoms with Gasteiger partial charge in [-0.3, -0.25) is 43.9 Å². The number of aromatic hydroxyl groups is 3. The Hall–Kier alpha value is -12.9. The number of carbonyl (C=O) groups is 2. The number of nitrogens with zero attached hydrogens (tertiary/aromatic N) is 11. The standard InChI is InChI=1S/C35H35F6N3O3.C33H39N5O3.C31H33N5O3/c1-31(2,3)17-32(4,5)19-13-22(33(6,7)18-11-9-8-10-12-18)30(47)25(14-19)44-43-24-16-21-20(15-23(24)42)28(45)26(34(36,37)38)27(29(21)46)35(39,40)41;1-31(2,3)19-32(4,5)21-15-23(33(6,7)20-13-11-10-12-14-20)28(39)27(16-21)38-34-24-17-22-26(18-25(24)35-38)36(8)30(41)37(9)29(22)40;1-29(2,3)17-30(4,5)19-13-22(31(6,7)18-11-9-8-10-12-18)26(37)25(14-19)36-34-23-15-20-21(16-24(23)35-36)28(39)33-32-27(20)38/h8-16,42,44,47H,17H2,1-7H3;10-18,39H,19H2,1-9H3;8-16,37H,17H2,1-7H3/b42-23?,43-24-;;. The molecule has 127 heavy (non-hydrogen) atoms. The summed E-state index contributed by atoms with van der Waals surface area (Å²) in [4.78, 5) is 78.2. The van der Waals surface area contributed by atoms with Crippen LogP contribution in [0, 0.1) is 21.7 Å². The molecule has 2 amide bonds. The number of anilines is 1. The molecule has 0 spiro atoms. The zero-order chi connectivity index (χ0) is 93.9. The van der Waals surface area contributed by atoms with E-state index in [0.29, 0.717) is 62.0 Å². The summed E-state index contributed by atoms with van der Waals surface area (Å²) in [6.07, 6.45) is -8.98. The Labute approximate surface area is 731 Å². The van der Waals surface area contributed by atoms with Gasteiger partial charge in [-0.1, -0.05) is 255 Å². The van der Waals surface area contributed by atoms with Crippen molar-refractivity contribution in [2.45, 2.75) is 210 Å². The van der Waals surface area contributed by atoms with Crippen molar-refractivity contribution in [3.63, 3.8) is 0 Å².